The van der Waals surface area contributed by atoms with Crippen LogP contribution in [0.3, 0.4) is 0 Å². The number of hydrogen-bond acceptors (Lipinski definition) is 8. The summed E-state index contributed by atoms with van der Waals surface area (Å²) in [5.74, 6) is 0.427. The first-order valence-electron chi connectivity index (χ1n) is 11.4. The molecule has 3 heterocycles. The molecule has 172 valence electrons. The van der Waals surface area contributed by atoms with E-state index in [1.807, 2.05) is 12.1 Å². The second-order valence-electron chi connectivity index (χ2n) is 9.25. The first kappa shape index (κ1) is 21.4. The second-order valence-corrected chi connectivity index (χ2v) is 9.25. The number of anilines is 3. The summed E-state index contributed by atoms with van der Waals surface area (Å²) in [4.78, 5) is 26.8. The zero-order valence-corrected chi connectivity index (χ0v) is 18.7. The van der Waals surface area contributed by atoms with Gasteiger partial charge in [0.25, 0.3) is 0 Å². The third-order valence-electron chi connectivity index (χ3n) is 7.03. The number of nitrogen functional groups attached to an aromatic ring is 1. The fraction of sp³-hybridized carbons (Fsp3) is 0.417. The van der Waals surface area contributed by atoms with Gasteiger partial charge in [-0.25, -0.2) is 0 Å². The highest BCUT2D eigenvalue weighted by atomic mass is 16.4. The Kier molecular flexibility index (Phi) is 5.49. The molecule has 2 saturated heterocycles. The van der Waals surface area contributed by atoms with Crippen LogP contribution < -0.4 is 21.3 Å². The molecule has 0 aliphatic carbocycles. The Morgan fingerprint density at radius 3 is 2.67 bits per heavy atom. The summed E-state index contributed by atoms with van der Waals surface area (Å²) >= 11 is 0. The number of carboxylic acids is 1. The minimum Gasteiger partial charge on any atom is -0.480 e. The van der Waals surface area contributed by atoms with Crippen LogP contribution in [-0.4, -0.2) is 51.7 Å². The SMILES string of the molecule is C[C@@H](Nc1nc(N)nc(N2CCC3(CC2)CNC(C(=O)O)C3)n1)c1ccc2ccccc2c1. The smallest absolute Gasteiger partial charge is 0.320 e. The molecule has 3 aromatic rings. The maximum Gasteiger partial charge on any atom is 0.320 e. The number of nitrogens with two attached hydrogens (primary N) is 1. The molecule has 2 aliphatic heterocycles. The second kappa shape index (κ2) is 8.47. The van der Waals surface area contributed by atoms with E-state index < -0.39 is 12.0 Å². The molecule has 0 saturated carbocycles. The van der Waals surface area contributed by atoms with Crippen molar-refractivity contribution < 1.29 is 9.90 Å². The van der Waals surface area contributed by atoms with E-state index in [4.69, 9.17) is 5.73 Å². The van der Waals surface area contributed by atoms with Crippen LogP contribution in [0.1, 0.15) is 37.8 Å². The number of carbonyl (C=O) groups is 1. The predicted octanol–water partition coefficient (Wildman–Crippen LogP) is 2.81. The molecule has 1 aromatic heterocycles. The summed E-state index contributed by atoms with van der Waals surface area (Å²) < 4.78 is 0. The van der Waals surface area contributed by atoms with Gasteiger partial charge in [-0.05, 0) is 54.0 Å². The molecule has 2 aromatic carbocycles. The van der Waals surface area contributed by atoms with Crippen LogP contribution in [0, 0.1) is 5.41 Å². The zero-order valence-electron chi connectivity index (χ0n) is 18.7. The molecule has 2 atom stereocenters. The van der Waals surface area contributed by atoms with E-state index in [9.17, 15) is 9.90 Å². The highest BCUT2D eigenvalue weighted by Crippen LogP contribution is 2.40. The van der Waals surface area contributed by atoms with Crippen LogP contribution in [0.2, 0.25) is 0 Å². The number of nitrogens with zero attached hydrogens (tertiary/aromatic N) is 4. The lowest BCUT2D eigenvalue weighted by Gasteiger charge is -2.39. The van der Waals surface area contributed by atoms with Crippen LogP contribution in [0.15, 0.2) is 42.5 Å². The molecule has 1 spiro atoms. The Hall–Kier alpha value is -3.46. The molecule has 5 rings (SSSR count). The number of aromatic nitrogens is 3. The van der Waals surface area contributed by atoms with Crippen molar-refractivity contribution in [3.8, 4) is 0 Å². The summed E-state index contributed by atoms with van der Waals surface area (Å²) in [6, 6.07) is 14.2. The van der Waals surface area contributed by atoms with E-state index in [2.05, 4.69) is 67.7 Å². The molecule has 5 N–H and O–H groups in total. The van der Waals surface area contributed by atoms with Crippen molar-refractivity contribution in [2.24, 2.45) is 5.41 Å². The normalized spacial score (nSPS) is 20.8. The van der Waals surface area contributed by atoms with Gasteiger partial charge in [-0.2, -0.15) is 15.0 Å². The van der Waals surface area contributed by atoms with Crippen molar-refractivity contribution in [3.05, 3.63) is 48.0 Å². The number of rotatable bonds is 5. The molecule has 9 nitrogen and oxygen atoms in total. The highest BCUT2D eigenvalue weighted by Gasteiger charge is 2.43. The van der Waals surface area contributed by atoms with Crippen molar-refractivity contribution in [2.45, 2.75) is 38.3 Å². The molecular weight excluding hydrogens is 418 g/mol. The first-order chi connectivity index (χ1) is 15.9. The van der Waals surface area contributed by atoms with Gasteiger partial charge in [0.1, 0.15) is 6.04 Å². The van der Waals surface area contributed by atoms with Crippen LogP contribution in [-0.2, 0) is 4.79 Å². The lowest BCUT2D eigenvalue weighted by atomic mass is 9.76. The minimum atomic E-state index is -0.768. The number of fused-ring (bicyclic) bond motifs is 1. The molecule has 0 bridgehead atoms. The molecule has 0 amide bonds. The summed E-state index contributed by atoms with van der Waals surface area (Å²) in [7, 11) is 0. The number of aliphatic carboxylic acids is 1. The van der Waals surface area contributed by atoms with E-state index in [1.165, 1.54) is 10.8 Å². The zero-order chi connectivity index (χ0) is 23.0. The minimum absolute atomic E-state index is 0.00797. The lowest BCUT2D eigenvalue weighted by molar-refractivity contribution is -0.139. The largest absolute Gasteiger partial charge is 0.480 e. The Bertz CT molecular complexity index is 1180. The van der Waals surface area contributed by atoms with Gasteiger partial charge in [0.05, 0.1) is 6.04 Å². The lowest BCUT2D eigenvalue weighted by Crippen LogP contribution is -2.42. The molecule has 33 heavy (non-hydrogen) atoms. The monoisotopic (exact) mass is 447 g/mol. The fourth-order valence-electron chi connectivity index (χ4n) is 4.99. The predicted molar refractivity (Wildman–Crippen MR) is 128 cm³/mol. The van der Waals surface area contributed by atoms with Gasteiger partial charge in [-0.15, -0.1) is 0 Å². The molecule has 0 radical (unpaired) electrons. The molecule has 2 aliphatic rings. The Morgan fingerprint density at radius 1 is 1.18 bits per heavy atom. The van der Waals surface area contributed by atoms with E-state index in [0.29, 0.717) is 18.3 Å². The van der Waals surface area contributed by atoms with Crippen LogP contribution in [0.4, 0.5) is 17.8 Å². The van der Waals surface area contributed by atoms with Crippen molar-refractivity contribution in [1.29, 1.82) is 0 Å². The Balaban J connectivity index is 1.28. The van der Waals surface area contributed by atoms with Gasteiger partial charge in [0.15, 0.2) is 0 Å². The average Bonchev–Trinajstić information content (AvgIpc) is 3.22. The fourth-order valence-corrected chi connectivity index (χ4v) is 4.99. The van der Waals surface area contributed by atoms with E-state index in [0.717, 1.165) is 38.0 Å². The van der Waals surface area contributed by atoms with E-state index in [-0.39, 0.29) is 17.4 Å². The molecule has 2 fully saturated rings. The first-order valence-corrected chi connectivity index (χ1v) is 11.4. The summed E-state index contributed by atoms with van der Waals surface area (Å²) in [5, 5.41) is 18.2. The number of carboxylic acid groups (broad SMARTS) is 1. The van der Waals surface area contributed by atoms with Gasteiger partial charge in [0, 0.05) is 19.6 Å². The van der Waals surface area contributed by atoms with Gasteiger partial charge in [-0.3, -0.25) is 4.79 Å². The number of piperidine rings is 1. The molecular formula is C24H29N7O2. The van der Waals surface area contributed by atoms with Crippen LogP contribution >= 0.6 is 0 Å². The van der Waals surface area contributed by atoms with Crippen molar-refractivity contribution >= 4 is 34.6 Å². The Labute approximate surface area is 192 Å². The van der Waals surface area contributed by atoms with Gasteiger partial charge >= 0.3 is 5.97 Å². The van der Waals surface area contributed by atoms with Crippen LogP contribution in [0.25, 0.3) is 10.8 Å². The van der Waals surface area contributed by atoms with Crippen molar-refractivity contribution in [1.82, 2.24) is 20.3 Å². The van der Waals surface area contributed by atoms with Gasteiger partial charge in [0.2, 0.25) is 17.8 Å². The topological polar surface area (TPSA) is 129 Å². The van der Waals surface area contributed by atoms with Gasteiger partial charge in [-0.1, -0.05) is 36.4 Å². The van der Waals surface area contributed by atoms with Crippen molar-refractivity contribution in [3.63, 3.8) is 0 Å². The van der Waals surface area contributed by atoms with E-state index in [1.54, 1.807) is 0 Å². The molecule has 9 heteroatoms. The number of nitrogens with one attached hydrogen (secondary N) is 2. The third kappa shape index (κ3) is 4.41. The maximum atomic E-state index is 11.3. The Morgan fingerprint density at radius 2 is 1.94 bits per heavy atom. The summed E-state index contributed by atoms with van der Waals surface area (Å²) in [6.07, 6.45) is 2.46. The highest BCUT2D eigenvalue weighted by molar-refractivity contribution is 5.83. The van der Waals surface area contributed by atoms with Gasteiger partial charge < -0.3 is 26.4 Å². The van der Waals surface area contributed by atoms with Crippen molar-refractivity contribution in [2.75, 3.05) is 35.6 Å². The maximum absolute atomic E-state index is 11.3. The number of benzene rings is 2. The quantitative estimate of drug-likeness (QED) is 0.466. The third-order valence-corrected chi connectivity index (χ3v) is 7.03. The number of hydrogen-bond donors (Lipinski definition) is 4. The molecule has 1 unspecified atom stereocenters. The van der Waals surface area contributed by atoms with E-state index >= 15 is 0 Å². The average molecular weight is 448 g/mol. The summed E-state index contributed by atoms with van der Waals surface area (Å²) in [5.41, 5.74) is 7.18. The summed E-state index contributed by atoms with van der Waals surface area (Å²) in [6.45, 7) is 4.34. The standard InChI is InChI=1S/C24H29N7O2/c1-15(17-7-6-16-4-2-3-5-18(16)12-17)27-22-28-21(25)29-23(30-22)31-10-8-24(9-11-31)13-19(20(32)33)26-14-24/h2-7,12,15,19,26H,8-11,13-14H2,1H3,(H,32,33)(H3,25,27,28,29,30)/t15-,19?/m1/s1. The van der Waals surface area contributed by atoms with Crippen LogP contribution in [0.5, 0.6) is 0 Å².